The van der Waals surface area contributed by atoms with Crippen molar-refractivity contribution in [3.05, 3.63) is 29.8 Å². The molecule has 0 radical (unpaired) electrons. The quantitative estimate of drug-likeness (QED) is 0.680. The van der Waals surface area contributed by atoms with Crippen LogP contribution in [0.3, 0.4) is 0 Å². The lowest BCUT2D eigenvalue weighted by Gasteiger charge is -2.10. The van der Waals surface area contributed by atoms with Gasteiger partial charge in [-0.1, -0.05) is 12.1 Å². The summed E-state index contributed by atoms with van der Waals surface area (Å²) in [5, 5.41) is 11.0. The molecule has 7 nitrogen and oxygen atoms in total. The number of hydrogen-bond acceptors (Lipinski definition) is 4. The Hall–Kier alpha value is -2.41. The van der Waals surface area contributed by atoms with Crippen LogP contribution in [0.1, 0.15) is 17.3 Å². The summed E-state index contributed by atoms with van der Waals surface area (Å²) < 4.78 is 4.81. The van der Waals surface area contributed by atoms with Crippen molar-refractivity contribution in [1.82, 2.24) is 0 Å². The molecular weight excluding hydrogens is 252 g/mol. The normalized spacial score (nSPS) is 11.6. The van der Waals surface area contributed by atoms with E-state index in [1.54, 1.807) is 12.1 Å². The van der Waals surface area contributed by atoms with Gasteiger partial charge in [-0.05, 0) is 19.1 Å². The number of nitrogens with two attached hydrogens (primary N) is 1. The van der Waals surface area contributed by atoms with Gasteiger partial charge in [0.1, 0.15) is 6.61 Å². The van der Waals surface area contributed by atoms with Crippen LogP contribution in [0, 0.1) is 0 Å². The van der Waals surface area contributed by atoms with E-state index in [1.807, 2.05) is 0 Å². The second kappa shape index (κ2) is 6.50. The maximum Gasteiger partial charge on any atom is 0.332 e. The molecule has 2 amide bonds. The minimum atomic E-state index is -1.16. The topological polar surface area (TPSA) is 119 Å². The summed E-state index contributed by atoms with van der Waals surface area (Å²) in [4.78, 5) is 33.1. The lowest BCUT2D eigenvalue weighted by molar-refractivity contribution is -0.150. The van der Waals surface area contributed by atoms with Crippen LogP contribution in [0.2, 0.25) is 0 Å². The average molecular weight is 266 g/mol. The van der Waals surface area contributed by atoms with Gasteiger partial charge in [0.05, 0.1) is 11.3 Å². The lowest BCUT2D eigenvalue weighted by atomic mass is 10.1. The molecule has 19 heavy (non-hydrogen) atoms. The molecule has 0 saturated carbocycles. The Morgan fingerprint density at radius 1 is 1.37 bits per heavy atom. The Bertz CT molecular complexity index is 501. The molecule has 0 aliphatic heterocycles. The summed E-state index contributed by atoms with van der Waals surface area (Å²) in [6.07, 6.45) is -1.09. The number of carbonyl (C=O) groups is 3. The average Bonchev–Trinajstić information content (AvgIpc) is 2.36. The van der Waals surface area contributed by atoms with E-state index < -0.39 is 30.5 Å². The number of ether oxygens (including phenoxy) is 1. The first-order valence-corrected chi connectivity index (χ1v) is 5.45. The standard InChI is InChI=1S/C12H14N2O5/c1-7(12(17)18)19-6-10(15)14-9-5-3-2-4-8(9)11(13)16/h2-5,7H,6H2,1H3,(H2,13,16)(H,14,15)(H,17,18). The van der Waals surface area contributed by atoms with Crippen molar-refractivity contribution in [3.63, 3.8) is 0 Å². The van der Waals surface area contributed by atoms with Crippen molar-refractivity contribution in [1.29, 1.82) is 0 Å². The summed E-state index contributed by atoms with van der Waals surface area (Å²) in [5.41, 5.74) is 5.58. The maximum absolute atomic E-state index is 11.5. The van der Waals surface area contributed by atoms with E-state index in [4.69, 9.17) is 15.6 Å². The highest BCUT2D eigenvalue weighted by Gasteiger charge is 2.14. The molecule has 0 aromatic heterocycles. The first kappa shape index (κ1) is 14.7. The third kappa shape index (κ3) is 4.40. The Balaban J connectivity index is 2.63. The molecule has 4 N–H and O–H groups in total. The Kier molecular flexibility index (Phi) is 5.01. The largest absolute Gasteiger partial charge is 0.479 e. The van der Waals surface area contributed by atoms with Crippen molar-refractivity contribution in [3.8, 4) is 0 Å². The van der Waals surface area contributed by atoms with E-state index in [-0.39, 0.29) is 11.3 Å². The number of rotatable bonds is 6. The Morgan fingerprint density at radius 3 is 2.58 bits per heavy atom. The zero-order valence-corrected chi connectivity index (χ0v) is 10.3. The van der Waals surface area contributed by atoms with Crippen LogP contribution in [-0.2, 0) is 14.3 Å². The van der Waals surface area contributed by atoms with E-state index in [1.165, 1.54) is 19.1 Å². The van der Waals surface area contributed by atoms with Crippen molar-refractivity contribution < 1.29 is 24.2 Å². The van der Waals surface area contributed by atoms with Crippen LogP contribution >= 0.6 is 0 Å². The molecule has 0 heterocycles. The summed E-state index contributed by atoms with van der Waals surface area (Å²) in [5.74, 6) is -2.40. The molecule has 0 fully saturated rings. The number of hydrogen-bond donors (Lipinski definition) is 3. The molecule has 0 bridgehead atoms. The monoisotopic (exact) mass is 266 g/mol. The van der Waals surface area contributed by atoms with Crippen LogP contribution < -0.4 is 11.1 Å². The third-order valence-electron chi connectivity index (χ3n) is 2.28. The Morgan fingerprint density at radius 2 is 2.00 bits per heavy atom. The number of benzene rings is 1. The van der Waals surface area contributed by atoms with E-state index in [0.29, 0.717) is 0 Å². The van der Waals surface area contributed by atoms with Gasteiger partial charge in [-0.15, -0.1) is 0 Å². The van der Waals surface area contributed by atoms with Gasteiger partial charge in [0.25, 0.3) is 5.91 Å². The van der Waals surface area contributed by atoms with Gasteiger partial charge in [-0.25, -0.2) is 4.79 Å². The van der Waals surface area contributed by atoms with Gasteiger partial charge in [0.2, 0.25) is 5.91 Å². The van der Waals surface area contributed by atoms with Gasteiger partial charge in [-0.3, -0.25) is 9.59 Å². The number of anilines is 1. The fraction of sp³-hybridized carbons (Fsp3) is 0.250. The molecule has 1 unspecified atom stereocenters. The number of aliphatic carboxylic acids is 1. The Labute approximate surface area is 109 Å². The van der Waals surface area contributed by atoms with Gasteiger partial charge >= 0.3 is 5.97 Å². The van der Waals surface area contributed by atoms with Gasteiger partial charge < -0.3 is 20.9 Å². The first-order valence-electron chi connectivity index (χ1n) is 5.45. The van der Waals surface area contributed by atoms with Gasteiger partial charge in [0.15, 0.2) is 6.10 Å². The van der Waals surface area contributed by atoms with Crippen LogP contribution in [0.4, 0.5) is 5.69 Å². The summed E-state index contributed by atoms with van der Waals surface area (Å²) in [6.45, 7) is 0.882. The summed E-state index contributed by atoms with van der Waals surface area (Å²) >= 11 is 0. The number of carbonyl (C=O) groups excluding carboxylic acids is 2. The molecule has 1 aromatic carbocycles. The van der Waals surface area contributed by atoms with Gasteiger partial charge in [-0.2, -0.15) is 0 Å². The zero-order valence-electron chi connectivity index (χ0n) is 10.3. The second-order valence-electron chi connectivity index (χ2n) is 3.75. The zero-order chi connectivity index (χ0) is 14.4. The molecule has 7 heteroatoms. The predicted molar refractivity (Wildman–Crippen MR) is 66.6 cm³/mol. The number of carboxylic acids is 1. The van der Waals surface area contributed by atoms with Gasteiger partial charge in [0, 0.05) is 0 Å². The molecule has 1 atom stereocenters. The van der Waals surface area contributed by atoms with Crippen LogP contribution in [-0.4, -0.2) is 35.6 Å². The SMILES string of the molecule is CC(OCC(=O)Nc1ccccc1C(N)=O)C(=O)O. The highest BCUT2D eigenvalue weighted by Crippen LogP contribution is 2.13. The number of primary amides is 1. The van der Waals surface area contributed by atoms with E-state index >= 15 is 0 Å². The van der Waals surface area contributed by atoms with Crippen molar-refractivity contribution in [2.75, 3.05) is 11.9 Å². The molecule has 1 rings (SSSR count). The smallest absolute Gasteiger partial charge is 0.332 e. The molecule has 0 spiro atoms. The maximum atomic E-state index is 11.5. The van der Waals surface area contributed by atoms with Crippen molar-refractivity contribution in [2.24, 2.45) is 5.73 Å². The molecule has 0 aliphatic rings. The number of nitrogens with one attached hydrogen (secondary N) is 1. The highest BCUT2D eigenvalue weighted by atomic mass is 16.5. The first-order chi connectivity index (χ1) is 8.91. The number of para-hydroxylation sites is 1. The van der Waals surface area contributed by atoms with E-state index in [9.17, 15) is 14.4 Å². The van der Waals surface area contributed by atoms with Crippen molar-refractivity contribution in [2.45, 2.75) is 13.0 Å². The second-order valence-corrected chi connectivity index (χ2v) is 3.75. The predicted octanol–water partition coefficient (Wildman–Crippen LogP) is 0.214. The summed E-state index contributed by atoms with van der Waals surface area (Å²) in [7, 11) is 0. The molecule has 0 saturated heterocycles. The van der Waals surface area contributed by atoms with Crippen LogP contribution in [0.5, 0.6) is 0 Å². The molecule has 102 valence electrons. The number of carboxylic acid groups (broad SMARTS) is 1. The minimum absolute atomic E-state index is 0.169. The minimum Gasteiger partial charge on any atom is -0.479 e. The molecular formula is C12H14N2O5. The molecule has 1 aromatic rings. The highest BCUT2D eigenvalue weighted by molar-refractivity contribution is 6.03. The van der Waals surface area contributed by atoms with E-state index in [0.717, 1.165) is 0 Å². The lowest BCUT2D eigenvalue weighted by Crippen LogP contribution is -2.27. The van der Waals surface area contributed by atoms with E-state index in [2.05, 4.69) is 5.32 Å². The van der Waals surface area contributed by atoms with Crippen LogP contribution in [0.15, 0.2) is 24.3 Å². The fourth-order valence-corrected chi connectivity index (χ4v) is 1.27. The molecule has 0 aliphatic carbocycles. The van der Waals surface area contributed by atoms with Crippen molar-refractivity contribution >= 4 is 23.5 Å². The fourth-order valence-electron chi connectivity index (χ4n) is 1.27. The summed E-state index contributed by atoms with van der Waals surface area (Å²) in [6, 6.07) is 6.22. The number of amides is 2. The van der Waals surface area contributed by atoms with Crippen LogP contribution in [0.25, 0.3) is 0 Å². The third-order valence-corrected chi connectivity index (χ3v) is 2.28.